The van der Waals surface area contributed by atoms with E-state index in [4.69, 9.17) is 0 Å². The van der Waals surface area contributed by atoms with E-state index in [1.165, 1.54) is 6.33 Å². The average Bonchev–Trinajstić information content (AvgIpc) is 3.02. The predicted octanol–water partition coefficient (Wildman–Crippen LogP) is 2.41. The van der Waals surface area contributed by atoms with Gasteiger partial charge in [0.05, 0.1) is 6.54 Å². The summed E-state index contributed by atoms with van der Waals surface area (Å²) < 4.78 is 1.66. The predicted molar refractivity (Wildman–Crippen MR) is 80.5 cm³/mol. The summed E-state index contributed by atoms with van der Waals surface area (Å²) in [5, 5.41) is 15.3. The first-order valence-electron chi connectivity index (χ1n) is 6.90. The van der Waals surface area contributed by atoms with Gasteiger partial charge in [0.15, 0.2) is 0 Å². The number of rotatable bonds is 5. The van der Waals surface area contributed by atoms with Gasteiger partial charge in [-0.15, -0.1) is 0 Å². The summed E-state index contributed by atoms with van der Waals surface area (Å²) in [7, 11) is 0. The molecule has 0 amide bonds. The molecule has 0 radical (unpaired) electrons. The summed E-state index contributed by atoms with van der Waals surface area (Å²) >= 11 is 0. The number of aromatic nitrogens is 3. The lowest BCUT2D eigenvalue weighted by Gasteiger charge is -2.28. The molecule has 0 bridgehead atoms. The van der Waals surface area contributed by atoms with Crippen molar-refractivity contribution < 1.29 is 5.11 Å². The molecule has 0 fully saturated rings. The zero-order valence-corrected chi connectivity index (χ0v) is 11.6. The van der Waals surface area contributed by atoms with Gasteiger partial charge < -0.3 is 5.11 Å². The number of hydrogen-bond acceptors (Lipinski definition) is 3. The molecule has 0 saturated carbocycles. The van der Waals surface area contributed by atoms with E-state index in [-0.39, 0.29) is 0 Å². The Hall–Kier alpha value is -2.46. The van der Waals surface area contributed by atoms with Gasteiger partial charge in [-0.2, -0.15) is 5.10 Å². The van der Waals surface area contributed by atoms with Crippen molar-refractivity contribution in [1.82, 2.24) is 14.8 Å². The van der Waals surface area contributed by atoms with Gasteiger partial charge in [-0.1, -0.05) is 60.7 Å². The topological polar surface area (TPSA) is 50.9 Å². The Bertz CT molecular complexity index is 668. The zero-order valence-electron chi connectivity index (χ0n) is 11.6. The highest BCUT2D eigenvalue weighted by atomic mass is 16.3. The molecule has 0 aliphatic heterocycles. The van der Waals surface area contributed by atoms with E-state index < -0.39 is 5.60 Å². The van der Waals surface area contributed by atoms with Crippen molar-refractivity contribution in [2.75, 3.05) is 0 Å². The number of benzene rings is 2. The summed E-state index contributed by atoms with van der Waals surface area (Å²) in [4.78, 5) is 3.95. The second kappa shape index (κ2) is 5.89. The van der Waals surface area contributed by atoms with Gasteiger partial charge in [0.1, 0.15) is 18.3 Å². The van der Waals surface area contributed by atoms with Gasteiger partial charge in [0.2, 0.25) is 0 Å². The normalized spacial score (nSPS) is 13.8. The average molecular weight is 279 g/mol. The van der Waals surface area contributed by atoms with E-state index in [1.54, 1.807) is 11.0 Å². The molecule has 21 heavy (non-hydrogen) atoms. The first-order valence-corrected chi connectivity index (χ1v) is 6.90. The van der Waals surface area contributed by atoms with E-state index in [2.05, 4.69) is 10.1 Å². The lowest BCUT2D eigenvalue weighted by atomic mass is 9.87. The van der Waals surface area contributed by atoms with E-state index >= 15 is 0 Å². The highest BCUT2D eigenvalue weighted by Crippen LogP contribution is 2.27. The molecular weight excluding hydrogens is 262 g/mol. The monoisotopic (exact) mass is 279 g/mol. The molecule has 1 heterocycles. The van der Waals surface area contributed by atoms with E-state index in [0.29, 0.717) is 13.0 Å². The van der Waals surface area contributed by atoms with Crippen LogP contribution in [0, 0.1) is 0 Å². The smallest absolute Gasteiger partial charge is 0.137 e. The van der Waals surface area contributed by atoms with Crippen LogP contribution < -0.4 is 0 Å². The second-order valence-electron chi connectivity index (χ2n) is 5.15. The Morgan fingerprint density at radius 1 is 0.952 bits per heavy atom. The van der Waals surface area contributed by atoms with Crippen LogP contribution in [0.3, 0.4) is 0 Å². The molecule has 0 aliphatic rings. The van der Waals surface area contributed by atoms with Gasteiger partial charge in [-0.05, 0) is 11.1 Å². The van der Waals surface area contributed by atoms with Gasteiger partial charge in [0.25, 0.3) is 0 Å². The summed E-state index contributed by atoms with van der Waals surface area (Å²) in [6.07, 6.45) is 3.63. The lowest BCUT2D eigenvalue weighted by molar-refractivity contribution is 0.0151. The molecule has 1 aromatic heterocycles. The van der Waals surface area contributed by atoms with Crippen molar-refractivity contribution >= 4 is 0 Å². The van der Waals surface area contributed by atoms with E-state index in [1.807, 2.05) is 60.7 Å². The fourth-order valence-electron chi connectivity index (χ4n) is 2.51. The Morgan fingerprint density at radius 3 is 2.24 bits per heavy atom. The molecule has 1 unspecified atom stereocenters. The fourth-order valence-corrected chi connectivity index (χ4v) is 2.51. The Labute approximate surface area is 123 Å². The summed E-state index contributed by atoms with van der Waals surface area (Å²) in [6.45, 7) is 0.367. The van der Waals surface area contributed by atoms with Crippen LogP contribution in [0.5, 0.6) is 0 Å². The highest BCUT2D eigenvalue weighted by molar-refractivity contribution is 5.26. The number of nitrogens with zero attached hydrogens (tertiary/aromatic N) is 3. The third-order valence-corrected chi connectivity index (χ3v) is 3.54. The van der Waals surface area contributed by atoms with Crippen LogP contribution in [0.1, 0.15) is 11.1 Å². The molecule has 1 N–H and O–H groups in total. The maximum Gasteiger partial charge on any atom is 0.137 e. The molecule has 0 spiro atoms. The summed E-state index contributed by atoms with van der Waals surface area (Å²) in [5.41, 5.74) is 0.948. The molecule has 3 rings (SSSR count). The molecule has 4 nitrogen and oxygen atoms in total. The first kappa shape index (κ1) is 13.5. The third kappa shape index (κ3) is 3.17. The molecule has 1 atom stereocenters. The van der Waals surface area contributed by atoms with Gasteiger partial charge in [-0.25, -0.2) is 9.67 Å². The minimum atomic E-state index is -1.02. The molecule has 2 aromatic carbocycles. The molecule has 0 aliphatic carbocycles. The minimum absolute atomic E-state index is 0.367. The summed E-state index contributed by atoms with van der Waals surface area (Å²) in [5.74, 6) is 0. The molecule has 3 aromatic rings. The molecular formula is C17H17N3O. The largest absolute Gasteiger partial charge is 0.383 e. The van der Waals surface area contributed by atoms with Crippen molar-refractivity contribution in [1.29, 1.82) is 0 Å². The quantitative estimate of drug-likeness (QED) is 0.780. The SMILES string of the molecule is OC(Cc1ccccc1)(Cn1cncn1)c1ccccc1. The first-order chi connectivity index (χ1) is 10.3. The van der Waals surface area contributed by atoms with Crippen molar-refractivity contribution in [2.45, 2.75) is 18.6 Å². The maximum atomic E-state index is 11.2. The van der Waals surface area contributed by atoms with Crippen molar-refractivity contribution in [3.05, 3.63) is 84.4 Å². The Morgan fingerprint density at radius 2 is 1.62 bits per heavy atom. The van der Waals surface area contributed by atoms with Crippen LogP contribution in [0.15, 0.2) is 73.3 Å². The molecule has 0 saturated heterocycles. The van der Waals surface area contributed by atoms with Crippen LogP contribution in [0.4, 0.5) is 0 Å². The van der Waals surface area contributed by atoms with Gasteiger partial charge in [0, 0.05) is 6.42 Å². The van der Waals surface area contributed by atoms with Crippen molar-refractivity contribution in [3.8, 4) is 0 Å². The zero-order chi connectivity index (χ0) is 14.5. The number of aliphatic hydroxyl groups is 1. The van der Waals surface area contributed by atoms with Crippen LogP contribution in [-0.2, 0) is 18.6 Å². The Kier molecular flexibility index (Phi) is 3.79. The van der Waals surface area contributed by atoms with Crippen LogP contribution >= 0.6 is 0 Å². The van der Waals surface area contributed by atoms with E-state index in [0.717, 1.165) is 11.1 Å². The maximum absolute atomic E-state index is 11.2. The fraction of sp³-hybridized carbons (Fsp3) is 0.176. The van der Waals surface area contributed by atoms with Crippen LogP contribution in [0.25, 0.3) is 0 Å². The summed E-state index contributed by atoms with van der Waals surface area (Å²) in [6, 6.07) is 19.7. The minimum Gasteiger partial charge on any atom is -0.383 e. The standard InChI is InChI=1S/C17H17N3O/c21-17(12-20-14-18-13-19-20,16-9-5-2-6-10-16)11-15-7-3-1-4-8-15/h1-10,13-14,21H,11-12H2. The van der Waals surface area contributed by atoms with Gasteiger partial charge in [-0.3, -0.25) is 0 Å². The number of hydrogen-bond donors (Lipinski definition) is 1. The van der Waals surface area contributed by atoms with Crippen molar-refractivity contribution in [2.24, 2.45) is 0 Å². The van der Waals surface area contributed by atoms with Gasteiger partial charge >= 0.3 is 0 Å². The molecule has 4 heteroatoms. The van der Waals surface area contributed by atoms with Crippen LogP contribution in [0.2, 0.25) is 0 Å². The lowest BCUT2D eigenvalue weighted by Crippen LogP contribution is -2.34. The molecule has 106 valence electrons. The Balaban J connectivity index is 1.94. The second-order valence-corrected chi connectivity index (χ2v) is 5.15. The van der Waals surface area contributed by atoms with Crippen molar-refractivity contribution in [3.63, 3.8) is 0 Å². The highest BCUT2D eigenvalue weighted by Gasteiger charge is 2.30. The van der Waals surface area contributed by atoms with Crippen LogP contribution in [-0.4, -0.2) is 19.9 Å². The third-order valence-electron chi connectivity index (χ3n) is 3.54. The van der Waals surface area contributed by atoms with E-state index in [9.17, 15) is 5.11 Å².